The monoisotopic (exact) mass is 432 g/mol. The van der Waals surface area contributed by atoms with Crippen LogP contribution in [0.25, 0.3) is 0 Å². The number of amides is 1. The van der Waals surface area contributed by atoms with Gasteiger partial charge in [-0.1, -0.05) is 48.0 Å². The van der Waals surface area contributed by atoms with Crippen LogP contribution in [0.1, 0.15) is 51.5 Å². The number of carbonyl (C=O) groups is 1. The third-order valence-electron chi connectivity index (χ3n) is 6.25. The lowest BCUT2D eigenvalue weighted by atomic mass is 9.92. The minimum absolute atomic E-state index is 0.00933. The summed E-state index contributed by atoms with van der Waals surface area (Å²) in [4.78, 5) is 17.4. The predicted octanol–water partition coefficient (Wildman–Crippen LogP) is 4.38. The van der Waals surface area contributed by atoms with Gasteiger partial charge < -0.3 is 9.64 Å². The van der Waals surface area contributed by atoms with Crippen LogP contribution in [0.3, 0.4) is 0 Å². The van der Waals surface area contributed by atoms with Crippen molar-refractivity contribution in [1.82, 2.24) is 20.0 Å². The molecule has 0 radical (unpaired) electrons. The van der Waals surface area contributed by atoms with Crippen LogP contribution < -0.4 is 4.74 Å². The van der Waals surface area contributed by atoms with Gasteiger partial charge in [-0.05, 0) is 37.9 Å². The Hall–Kier alpha value is -3.12. The van der Waals surface area contributed by atoms with Crippen LogP contribution in [0.4, 0.5) is 0 Å². The van der Waals surface area contributed by atoms with Gasteiger partial charge in [0, 0.05) is 38.2 Å². The molecule has 0 unspecified atom stereocenters. The zero-order valence-corrected chi connectivity index (χ0v) is 19.2. The van der Waals surface area contributed by atoms with Crippen LogP contribution in [0.2, 0.25) is 0 Å². The first kappa shape index (κ1) is 22.1. The summed E-state index contributed by atoms with van der Waals surface area (Å²) in [6.45, 7) is 5.46. The molecule has 1 aromatic heterocycles. The lowest BCUT2D eigenvalue weighted by Gasteiger charge is -2.33. The van der Waals surface area contributed by atoms with Crippen molar-refractivity contribution >= 4 is 5.91 Å². The summed E-state index contributed by atoms with van der Waals surface area (Å²) in [5.41, 5.74) is 5.19. The van der Waals surface area contributed by atoms with Crippen LogP contribution in [0, 0.1) is 6.92 Å². The second-order valence-corrected chi connectivity index (χ2v) is 8.73. The third-order valence-corrected chi connectivity index (χ3v) is 6.25. The number of carbonyl (C=O) groups excluding carboxylic acids is 1. The Labute approximate surface area is 190 Å². The van der Waals surface area contributed by atoms with Gasteiger partial charge >= 0.3 is 0 Å². The maximum absolute atomic E-state index is 13.2. The average molecular weight is 433 g/mol. The number of likely N-dealkylation sites (tertiary alicyclic amines) is 1. The minimum atomic E-state index is 0.00933. The number of hydrogen-bond donors (Lipinski definition) is 1. The van der Waals surface area contributed by atoms with E-state index in [1.165, 1.54) is 11.1 Å². The molecule has 0 aliphatic carbocycles. The number of nitrogens with one attached hydrogen (secondary N) is 1. The zero-order valence-electron chi connectivity index (χ0n) is 19.2. The summed E-state index contributed by atoms with van der Waals surface area (Å²) < 4.78 is 5.57. The lowest BCUT2D eigenvalue weighted by Crippen LogP contribution is -2.35. The molecule has 0 saturated carbocycles. The van der Waals surface area contributed by atoms with Gasteiger partial charge in [0.25, 0.3) is 5.91 Å². The molecule has 1 N–H and O–H groups in total. The Morgan fingerprint density at radius 1 is 1.25 bits per heavy atom. The van der Waals surface area contributed by atoms with Crippen molar-refractivity contribution < 1.29 is 9.53 Å². The van der Waals surface area contributed by atoms with Crippen LogP contribution in [-0.2, 0) is 13.1 Å². The number of ether oxygens (including phenoxy) is 1. The van der Waals surface area contributed by atoms with E-state index in [0.29, 0.717) is 12.1 Å². The molecule has 1 aliphatic rings. The van der Waals surface area contributed by atoms with Crippen LogP contribution in [0.5, 0.6) is 5.75 Å². The second-order valence-electron chi connectivity index (χ2n) is 8.73. The van der Waals surface area contributed by atoms with Gasteiger partial charge in [-0.3, -0.25) is 14.8 Å². The van der Waals surface area contributed by atoms with E-state index in [0.717, 1.165) is 49.5 Å². The Kier molecular flexibility index (Phi) is 6.90. The molecule has 6 heteroatoms. The maximum Gasteiger partial charge on any atom is 0.257 e. The van der Waals surface area contributed by atoms with Gasteiger partial charge in [-0.25, -0.2) is 0 Å². The number of piperidine rings is 1. The van der Waals surface area contributed by atoms with Gasteiger partial charge in [0.2, 0.25) is 0 Å². The van der Waals surface area contributed by atoms with E-state index in [-0.39, 0.29) is 11.8 Å². The normalized spacial score (nSPS) is 16.7. The fourth-order valence-corrected chi connectivity index (χ4v) is 4.62. The van der Waals surface area contributed by atoms with Crippen LogP contribution in [0.15, 0.2) is 54.7 Å². The number of aromatic amines is 1. The van der Waals surface area contributed by atoms with E-state index in [9.17, 15) is 4.79 Å². The quantitative estimate of drug-likeness (QED) is 0.602. The molecule has 1 amide bonds. The molecule has 0 bridgehead atoms. The van der Waals surface area contributed by atoms with Crippen molar-refractivity contribution in [3.8, 4) is 5.75 Å². The molecule has 2 aromatic carbocycles. The maximum atomic E-state index is 13.2. The zero-order chi connectivity index (χ0) is 22.5. The van der Waals surface area contributed by atoms with E-state index in [1.807, 2.05) is 43.4 Å². The van der Waals surface area contributed by atoms with Crippen molar-refractivity contribution in [3.63, 3.8) is 0 Å². The van der Waals surface area contributed by atoms with Crippen LogP contribution >= 0.6 is 0 Å². The molecular formula is C26H32N4O2. The molecule has 1 atom stereocenters. The molecule has 168 valence electrons. The average Bonchev–Trinajstić information content (AvgIpc) is 3.29. The number of H-pyrrole nitrogens is 1. The van der Waals surface area contributed by atoms with Crippen molar-refractivity contribution in [1.29, 1.82) is 0 Å². The standard InChI is InChI=1S/C26H32N4O2/c1-19-11-12-24(32-3)22(14-19)18-30-13-7-10-21(17-30)25-23(15-27-28-25)26(31)29(2)16-20-8-5-4-6-9-20/h4-6,8-9,11-12,14-15,21H,7,10,13,16-18H2,1-3H3,(H,27,28)/t21-/m1/s1. The SMILES string of the molecule is COc1ccc(C)cc1CN1CCC[C@@H](c2[nH]ncc2C(=O)N(C)Cc2ccccc2)C1. The molecule has 3 aromatic rings. The van der Waals surface area contributed by atoms with Gasteiger partial charge in [0.05, 0.1) is 24.6 Å². The van der Waals surface area contributed by atoms with E-state index in [1.54, 1.807) is 18.2 Å². The number of aromatic nitrogens is 2. The van der Waals surface area contributed by atoms with Gasteiger partial charge in [0.15, 0.2) is 0 Å². The molecule has 4 rings (SSSR count). The van der Waals surface area contributed by atoms with Crippen molar-refractivity contribution in [2.24, 2.45) is 0 Å². The number of benzene rings is 2. The summed E-state index contributed by atoms with van der Waals surface area (Å²) in [6.07, 6.45) is 3.82. The summed E-state index contributed by atoms with van der Waals surface area (Å²) in [7, 11) is 3.57. The fourth-order valence-electron chi connectivity index (χ4n) is 4.62. The minimum Gasteiger partial charge on any atom is -0.496 e. The highest BCUT2D eigenvalue weighted by Gasteiger charge is 2.28. The summed E-state index contributed by atoms with van der Waals surface area (Å²) >= 11 is 0. The van der Waals surface area contributed by atoms with E-state index in [2.05, 4.69) is 34.2 Å². The highest BCUT2D eigenvalue weighted by atomic mass is 16.5. The first-order valence-electron chi connectivity index (χ1n) is 11.2. The highest BCUT2D eigenvalue weighted by Crippen LogP contribution is 2.30. The van der Waals surface area contributed by atoms with Gasteiger partial charge in [-0.2, -0.15) is 5.10 Å². The Morgan fingerprint density at radius 2 is 2.06 bits per heavy atom. The molecule has 1 fully saturated rings. The number of rotatable bonds is 7. The summed E-state index contributed by atoms with van der Waals surface area (Å²) in [6, 6.07) is 16.4. The Morgan fingerprint density at radius 3 is 2.84 bits per heavy atom. The van der Waals surface area contributed by atoms with Gasteiger partial charge in [-0.15, -0.1) is 0 Å². The first-order chi connectivity index (χ1) is 15.5. The molecule has 1 aliphatic heterocycles. The molecule has 1 saturated heterocycles. The molecule has 6 nitrogen and oxygen atoms in total. The van der Waals surface area contributed by atoms with Crippen molar-refractivity contribution in [2.75, 3.05) is 27.2 Å². The smallest absolute Gasteiger partial charge is 0.257 e. The Bertz CT molecular complexity index is 1050. The first-order valence-corrected chi connectivity index (χ1v) is 11.2. The van der Waals surface area contributed by atoms with E-state index >= 15 is 0 Å². The highest BCUT2D eigenvalue weighted by molar-refractivity contribution is 5.95. The molecule has 2 heterocycles. The predicted molar refractivity (Wildman–Crippen MR) is 126 cm³/mol. The molecule has 0 spiro atoms. The fraction of sp³-hybridized carbons (Fsp3) is 0.385. The molecular weight excluding hydrogens is 400 g/mol. The van der Waals surface area contributed by atoms with Gasteiger partial charge in [0.1, 0.15) is 5.75 Å². The second kappa shape index (κ2) is 10.0. The third kappa shape index (κ3) is 5.02. The number of hydrogen-bond acceptors (Lipinski definition) is 4. The topological polar surface area (TPSA) is 61.5 Å². The van der Waals surface area contributed by atoms with Crippen molar-refractivity contribution in [2.45, 2.75) is 38.8 Å². The number of aryl methyl sites for hydroxylation is 1. The molecule has 32 heavy (non-hydrogen) atoms. The Balaban J connectivity index is 1.46. The van der Waals surface area contributed by atoms with Crippen molar-refractivity contribution in [3.05, 3.63) is 82.7 Å². The largest absolute Gasteiger partial charge is 0.496 e. The lowest BCUT2D eigenvalue weighted by molar-refractivity contribution is 0.0782. The van der Waals surface area contributed by atoms with Crippen LogP contribution in [-0.4, -0.2) is 53.2 Å². The number of nitrogens with zero attached hydrogens (tertiary/aromatic N) is 3. The van der Waals surface area contributed by atoms with E-state index in [4.69, 9.17) is 4.74 Å². The number of methoxy groups -OCH3 is 1. The summed E-state index contributed by atoms with van der Waals surface area (Å²) in [5, 5.41) is 7.39. The summed E-state index contributed by atoms with van der Waals surface area (Å²) in [5.74, 6) is 1.19. The van der Waals surface area contributed by atoms with E-state index < -0.39 is 0 Å².